The lowest BCUT2D eigenvalue weighted by atomic mass is 10.1. The molecule has 0 fully saturated rings. The third-order valence-electron chi connectivity index (χ3n) is 5.03. The lowest BCUT2D eigenvalue weighted by molar-refractivity contribution is -0.384. The maximum atomic E-state index is 12.5. The van der Waals surface area contributed by atoms with Gasteiger partial charge in [0, 0.05) is 39.0 Å². The number of thiophene rings is 1. The van der Waals surface area contributed by atoms with Gasteiger partial charge >= 0.3 is 0 Å². The number of rotatable bonds is 5. The van der Waals surface area contributed by atoms with E-state index in [9.17, 15) is 24.5 Å². The van der Waals surface area contributed by atoms with Gasteiger partial charge in [-0.25, -0.2) is 0 Å². The summed E-state index contributed by atoms with van der Waals surface area (Å²) in [6, 6.07) is 16.9. The van der Waals surface area contributed by atoms with Crippen LogP contribution in [0.15, 0.2) is 66.7 Å². The molecule has 3 amide bonds. The number of anilines is 1. The number of amides is 3. The summed E-state index contributed by atoms with van der Waals surface area (Å²) >= 11 is 7.57. The molecule has 0 saturated heterocycles. The third-order valence-corrected chi connectivity index (χ3v) is 6.68. The number of halogens is 1. The number of carbonyl (C=O) groups excluding carboxylic acids is 3. The lowest BCUT2D eigenvalue weighted by Crippen LogP contribution is -2.41. The molecular weight excluding hydrogens is 492 g/mol. The van der Waals surface area contributed by atoms with Crippen molar-refractivity contribution in [2.24, 2.45) is 0 Å². The Bertz CT molecular complexity index is 1470. The fraction of sp³-hybridized carbons (Fsp3) is 0.0417. The number of hydrazine groups is 1. The highest BCUT2D eigenvalue weighted by atomic mass is 35.5. The summed E-state index contributed by atoms with van der Waals surface area (Å²) in [5.41, 5.74) is 6.55. The third kappa shape index (κ3) is 5.29. The van der Waals surface area contributed by atoms with Crippen LogP contribution in [0.5, 0.6) is 0 Å². The van der Waals surface area contributed by atoms with Crippen LogP contribution in [0.4, 0.5) is 11.4 Å². The number of hydrogen-bond acceptors (Lipinski definition) is 6. The fourth-order valence-electron chi connectivity index (χ4n) is 3.20. The fourth-order valence-corrected chi connectivity index (χ4v) is 4.71. The summed E-state index contributed by atoms with van der Waals surface area (Å²) in [6.07, 6.45) is 0. The van der Waals surface area contributed by atoms with Crippen molar-refractivity contribution in [3.05, 3.63) is 103 Å². The number of nitrogens with zero attached hydrogens (tertiary/aromatic N) is 1. The molecule has 9 nitrogen and oxygen atoms in total. The summed E-state index contributed by atoms with van der Waals surface area (Å²) in [6.45, 7) is 1.94. The molecule has 3 N–H and O–H groups in total. The molecule has 0 aliphatic heterocycles. The van der Waals surface area contributed by atoms with Crippen LogP contribution in [0.25, 0.3) is 10.1 Å². The molecule has 4 aromatic rings. The Kier molecular flexibility index (Phi) is 6.76. The molecule has 11 heteroatoms. The Hall–Kier alpha value is -4.28. The minimum absolute atomic E-state index is 0.117. The maximum absolute atomic E-state index is 12.5. The number of hydrogen-bond donors (Lipinski definition) is 3. The second-order valence-electron chi connectivity index (χ2n) is 7.49. The van der Waals surface area contributed by atoms with Gasteiger partial charge < -0.3 is 5.32 Å². The number of fused-ring (bicyclic) bond motifs is 1. The van der Waals surface area contributed by atoms with Gasteiger partial charge in [0.2, 0.25) is 0 Å². The van der Waals surface area contributed by atoms with Crippen LogP contribution in [0.3, 0.4) is 0 Å². The average Bonchev–Trinajstić information content (AvgIpc) is 3.18. The van der Waals surface area contributed by atoms with Gasteiger partial charge in [0.05, 0.1) is 9.95 Å². The Morgan fingerprint density at radius 2 is 1.46 bits per heavy atom. The normalized spacial score (nSPS) is 10.6. The number of aryl methyl sites for hydroxylation is 1. The zero-order valence-corrected chi connectivity index (χ0v) is 19.7. The second-order valence-corrected chi connectivity index (χ2v) is 8.92. The molecule has 0 aliphatic rings. The minimum Gasteiger partial charge on any atom is -0.322 e. The van der Waals surface area contributed by atoms with Crippen molar-refractivity contribution < 1.29 is 19.3 Å². The number of nitrogens with one attached hydrogen (secondary N) is 3. The standard InChI is InChI=1S/C24H17ClN4O5S/c1-13-2-11-18-19(12-13)35-21(20(18)25)24(32)28-27-23(31)15-3-7-16(8-4-15)26-22(30)14-5-9-17(10-6-14)29(33)34/h2-12H,1H3,(H,26,30)(H,27,31)(H,28,32). The van der Waals surface area contributed by atoms with E-state index in [4.69, 9.17) is 11.6 Å². The van der Waals surface area contributed by atoms with E-state index in [1.54, 1.807) is 0 Å². The number of non-ortho nitro benzene ring substituents is 1. The predicted octanol–water partition coefficient (Wildman–Crippen LogP) is 5.10. The molecule has 0 atom stereocenters. The first kappa shape index (κ1) is 23.9. The summed E-state index contributed by atoms with van der Waals surface area (Å²) in [5, 5.41) is 14.5. The number of nitro groups is 1. The Morgan fingerprint density at radius 3 is 2.11 bits per heavy atom. The molecule has 0 unspecified atom stereocenters. The Balaban J connectivity index is 1.36. The topological polar surface area (TPSA) is 130 Å². The molecule has 1 heterocycles. The van der Waals surface area contributed by atoms with Gasteiger partial charge in [0.1, 0.15) is 4.88 Å². The molecule has 4 rings (SSSR count). The van der Waals surface area contributed by atoms with E-state index < -0.39 is 22.6 Å². The zero-order chi connectivity index (χ0) is 25.1. The zero-order valence-electron chi connectivity index (χ0n) is 18.1. The second kappa shape index (κ2) is 9.92. The highest BCUT2D eigenvalue weighted by Crippen LogP contribution is 2.35. The van der Waals surface area contributed by atoms with Crippen molar-refractivity contribution >= 4 is 62.1 Å². The predicted molar refractivity (Wildman–Crippen MR) is 134 cm³/mol. The largest absolute Gasteiger partial charge is 0.322 e. The monoisotopic (exact) mass is 508 g/mol. The van der Waals surface area contributed by atoms with Gasteiger partial charge in [-0.05, 0) is 55.0 Å². The molecule has 0 aliphatic carbocycles. The van der Waals surface area contributed by atoms with Gasteiger partial charge in [-0.15, -0.1) is 11.3 Å². The average molecular weight is 509 g/mol. The van der Waals surface area contributed by atoms with E-state index in [0.29, 0.717) is 10.7 Å². The summed E-state index contributed by atoms with van der Waals surface area (Å²) in [7, 11) is 0. The molecule has 35 heavy (non-hydrogen) atoms. The van der Waals surface area contributed by atoms with Crippen LogP contribution in [0.1, 0.15) is 36.0 Å². The Labute approximate surface area is 207 Å². The lowest BCUT2D eigenvalue weighted by Gasteiger charge is -2.08. The smallest absolute Gasteiger partial charge is 0.281 e. The van der Waals surface area contributed by atoms with Crippen LogP contribution in [-0.4, -0.2) is 22.6 Å². The first-order chi connectivity index (χ1) is 16.7. The van der Waals surface area contributed by atoms with Crippen LogP contribution in [0, 0.1) is 17.0 Å². The first-order valence-electron chi connectivity index (χ1n) is 10.2. The van der Waals surface area contributed by atoms with Crippen LogP contribution < -0.4 is 16.2 Å². The summed E-state index contributed by atoms with van der Waals surface area (Å²) in [4.78, 5) is 47.7. The molecular formula is C24H17ClN4O5S. The minimum atomic E-state index is -0.556. The van der Waals surface area contributed by atoms with E-state index in [-0.39, 0.29) is 21.7 Å². The number of nitro benzene ring substituents is 1. The molecule has 0 radical (unpaired) electrons. The SMILES string of the molecule is Cc1ccc2c(Cl)c(C(=O)NNC(=O)c3ccc(NC(=O)c4ccc([N+](=O)[O-])cc4)cc3)sc2c1. The van der Waals surface area contributed by atoms with Gasteiger partial charge in [-0.2, -0.15) is 0 Å². The van der Waals surface area contributed by atoms with Crippen molar-refractivity contribution in [3.8, 4) is 0 Å². The van der Waals surface area contributed by atoms with Gasteiger partial charge in [0.25, 0.3) is 23.4 Å². The molecule has 0 spiro atoms. The highest BCUT2D eigenvalue weighted by molar-refractivity contribution is 7.21. The summed E-state index contributed by atoms with van der Waals surface area (Å²) < 4.78 is 0.873. The van der Waals surface area contributed by atoms with Gasteiger partial charge in [-0.1, -0.05) is 23.7 Å². The van der Waals surface area contributed by atoms with Crippen molar-refractivity contribution in [1.82, 2.24) is 10.9 Å². The summed E-state index contributed by atoms with van der Waals surface area (Å²) in [5.74, 6) is -1.55. The van der Waals surface area contributed by atoms with Crippen molar-refractivity contribution in [2.45, 2.75) is 6.92 Å². The van der Waals surface area contributed by atoms with E-state index in [2.05, 4.69) is 16.2 Å². The van der Waals surface area contributed by atoms with Gasteiger partial charge in [-0.3, -0.25) is 35.3 Å². The number of carbonyl (C=O) groups is 3. The quantitative estimate of drug-likeness (QED) is 0.255. The molecule has 1 aromatic heterocycles. The maximum Gasteiger partial charge on any atom is 0.281 e. The van der Waals surface area contributed by atoms with E-state index >= 15 is 0 Å². The number of benzene rings is 3. The van der Waals surface area contributed by atoms with Crippen molar-refractivity contribution in [3.63, 3.8) is 0 Å². The van der Waals surface area contributed by atoms with Crippen LogP contribution >= 0.6 is 22.9 Å². The van der Waals surface area contributed by atoms with Crippen LogP contribution in [0.2, 0.25) is 5.02 Å². The molecule has 176 valence electrons. The Morgan fingerprint density at radius 1 is 0.857 bits per heavy atom. The van der Waals surface area contributed by atoms with E-state index in [0.717, 1.165) is 15.6 Å². The molecule has 0 saturated carbocycles. The van der Waals surface area contributed by atoms with E-state index in [1.807, 2.05) is 25.1 Å². The highest BCUT2D eigenvalue weighted by Gasteiger charge is 2.18. The van der Waals surface area contributed by atoms with Gasteiger partial charge in [0.15, 0.2) is 0 Å². The molecule has 0 bridgehead atoms. The van der Waals surface area contributed by atoms with Crippen molar-refractivity contribution in [1.29, 1.82) is 0 Å². The first-order valence-corrected chi connectivity index (χ1v) is 11.4. The van der Waals surface area contributed by atoms with Crippen LogP contribution in [-0.2, 0) is 0 Å². The van der Waals surface area contributed by atoms with Crippen molar-refractivity contribution in [2.75, 3.05) is 5.32 Å². The van der Waals surface area contributed by atoms with E-state index in [1.165, 1.54) is 59.9 Å². The molecule has 3 aromatic carbocycles.